The lowest BCUT2D eigenvalue weighted by atomic mass is 9.84. The number of nitrogens with one attached hydrogen (secondary N) is 1. The lowest BCUT2D eigenvalue weighted by Gasteiger charge is -2.27. The molecule has 2 aromatic heterocycles. The van der Waals surface area contributed by atoms with E-state index in [-0.39, 0.29) is 35.2 Å². The summed E-state index contributed by atoms with van der Waals surface area (Å²) in [7, 11) is 0. The van der Waals surface area contributed by atoms with Gasteiger partial charge in [-0.1, -0.05) is 18.2 Å². The highest BCUT2D eigenvalue weighted by molar-refractivity contribution is 8.00. The number of halogens is 6. The highest BCUT2D eigenvalue weighted by Gasteiger charge is 2.52. The Morgan fingerprint density at radius 2 is 1.57 bits per heavy atom. The van der Waals surface area contributed by atoms with Crippen molar-refractivity contribution in [1.82, 2.24) is 10.3 Å². The van der Waals surface area contributed by atoms with Crippen molar-refractivity contribution < 1.29 is 45.8 Å². The number of thioether (sulfide) groups is 1. The van der Waals surface area contributed by atoms with Crippen molar-refractivity contribution in [2.45, 2.75) is 35.0 Å². The molecule has 4 aromatic rings. The molecule has 0 aliphatic carbocycles. The van der Waals surface area contributed by atoms with E-state index in [4.69, 9.17) is 9.90 Å². The Hall–Kier alpha value is -4.11. The number of carboxylic acids is 1. The Kier molecular flexibility index (Phi) is 8.82. The monoisotopic (exact) mass is 627 g/mol. The second-order valence-electron chi connectivity index (χ2n) is 8.96. The number of imide groups is 1. The van der Waals surface area contributed by atoms with Gasteiger partial charge in [0.15, 0.2) is 0 Å². The zero-order valence-corrected chi connectivity index (χ0v) is 22.7. The Morgan fingerprint density at radius 3 is 2.17 bits per heavy atom. The van der Waals surface area contributed by atoms with Gasteiger partial charge >= 0.3 is 23.7 Å². The molecular weight excluding hydrogens is 608 g/mol. The molecule has 220 valence electrons. The van der Waals surface area contributed by atoms with Gasteiger partial charge < -0.3 is 10.4 Å². The second-order valence-corrected chi connectivity index (χ2v) is 11.0. The number of thiophene rings is 1. The minimum absolute atomic E-state index is 0.0268. The van der Waals surface area contributed by atoms with Gasteiger partial charge in [0.2, 0.25) is 0 Å². The Bertz CT molecular complexity index is 1590. The number of alkyl halides is 6. The molecule has 1 aliphatic heterocycles. The molecular formula is C27H19F6N3O4S2. The topological polar surface area (TPSA) is 99.6 Å². The molecule has 1 atom stereocenters. The number of carboxylic acid groups (broad SMARTS) is 1. The Balaban J connectivity index is 0.000000517. The number of anilines is 1. The predicted octanol–water partition coefficient (Wildman–Crippen LogP) is 6.82. The number of aliphatic carboxylic acids is 1. The van der Waals surface area contributed by atoms with Gasteiger partial charge in [0.05, 0.1) is 5.69 Å². The van der Waals surface area contributed by atoms with Crippen LogP contribution in [0.25, 0.3) is 10.1 Å². The maximum atomic E-state index is 13.9. The van der Waals surface area contributed by atoms with Crippen molar-refractivity contribution >= 4 is 56.8 Å². The molecule has 0 saturated carbocycles. The molecule has 1 aliphatic rings. The van der Waals surface area contributed by atoms with E-state index in [1.807, 2.05) is 29.6 Å². The lowest BCUT2D eigenvalue weighted by molar-refractivity contribution is -0.192. The van der Waals surface area contributed by atoms with Crippen LogP contribution in [0.1, 0.15) is 11.1 Å². The third-order valence-electron chi connectivity index (χ3n) is 6.04. The molecule has 2 aromatic carbocycles. The van der Waals surface area contributed by atoms with Gasteiger partial charge in [-0.25, -0.2) is 14.5 Å². The average Bonchev–Trinajstić information content (AvgIpc) is 3.42. The van der Waals surface area contributed by atoms with Crippen LogP contribution in [-0.4, -0.2) is 45.2 Å². The molecule has 0 bridgehead atoms. The van der Waals surface area contributed by atoms with E-state index in [0.29, 0.717) is 0 Å². The van der Waals surface area contributed by atoms with Crippen LogP contribution < -0.4 is 10.2 Å². The summed E-state index contributed by atoms with van der Waals surface area (Å²) in [5.74, 6) is -3.21. The molecule has 7 nitrogen and oxygen atoms in total. The number of benzene rings is 2. The summed E-state index contributed by atoms with van der Waals surface area (Å²) in [4.78, 5) is 40.9. The van der Waals surface area contributed by atoms with Crippen molar-refractivity contribution in [3.05, 3.63) is 89.6 Å². The zero-order chi connectivity index (χ0) is 30.7. The molecule has 0 radical (unpaired) electrons. The van der Waals surface area contributed by atoms with Gasteiger partial charge in [0, 0.05) is 34.8 Å². The average molecular weight is 628 g/mol. The lowest BCUT2D eigenvalue weighted by Crippen LogP contribution is -2.51. The van der Waals surface area contributed by atoms with Crippen LogP contribution in [0.4, 0.5) is 36.8 Å². The molecule has 3 amide bonds. The standard InChI is InChI=1S/C25H18F3N3O2S2.C2HF3O2/c26-25(27,28)35-19-7-5-18(6-8-19)31-22(32)24(30-23(31)33,13-16-9-11-29-12-10-16)14-17-15-34-21-4-2-1-3-20(17)21;3-2(4,5)1(6)7/h1-12,15H,13-14H2,(H,30,33);(H,6,7)/t24-;/m1./s1. The van der Waals surface area contributed by atoms with E-state index in [1.165, 1.54) is 24.3 Å². The summed E-state index contributed by atoms with van der Waals surface area (Å²) >= 11 is 1.32. The number of rotatable bonds is 6. The second kappa shape index (κ2) is 12.0. The van der Waals surface area contributed by atoms with Gasteiger partial charge in [-0.05, 0) is 76.1 Å². The van der Waals surface area contributed by atoms with Gasteiger partial charge in [-0.15, -0.1) is 11.3 Å². The molecule has 42 heavy (non-hydrogen) atoms. The first-order valence-corrected chi connectivity index (χ1v) is 13.5. The van der Waals surface area contributed by atoms with E-state index in [9.17, 15) is 35.9 Å². The summed E-state index contributed by atoms with van der Waals surface area (Å²) in [5, 5.41) is 13.0. The fourth-order valence-corrected chi connectivity index (χ4v) is 5.80. The van der Waals surface area contributed by atoms with Crippen LogP contribution in [0, 0.1) is 0 Å². The Labute approximate surface area is 242 Å². The number of nitrogens with zero attached hydrogens (tertiary/aromatic N) is 2. The van der Waals surface area contributed by atoms with Crippen LogP contribution in [0.2, 0.25) is 0 Å². The number of carbonyl (C=O) groups excluding carboxylic acids is 2. The summed E-state index contributed by atoms with van der Waals surface area (Å²) in [5.41, 5.74) is -3.71. The van der Waals surface area contributed by atoms with Gasteiger partial charge in [0.1, 0.15) is 5.54 Å². The minimum atomic E-state index is -5.08. The third kappa shape index (κ3) is 7.20. The highest BCUT2D eigenvalue weighted by atomic mass is 32.2. The number of amides is 3. The van der Waals surface area contributed by atoms with E-state index in [0.717, 1.165) is 26.1 Å². The molecule has 5 rings (SSSR count). The van der Waals surface area contributed by atoms with E-state index >= 15 is 0 Å². The fraction of sp³-hybridized carbons (Fsp3) is 0.185. The first-order chi connectivity index (χ1) is 19.7. The van der Waals surface area contributed by atoms with Crippen molar-refractivity contribution in [3.8, 4) is 0 Å². The first-order valence-electron chi connectivity index (χ1n) is 11.9. The van der Waals surface area contributed by atoms with Gasteiger partial charge in [-0.3, -0.25) is 9.78 Å². The molecule has 15 heteroatoms. The van der Waals surface area contributed by atoms with E-state index in [2.05, 4.69) is 10.3 Å². The summed E-state index contributed by atoms with van der Waals surface area (Å²) in [6.07, 6.45) is -1.33. The summed E-state index contributed by atoms with van der Waals surface area (Å²) < 4.78 is 70.9. The normalized spacial score (nSPS) is 17.1. The van der Waals surface area contributed by atoms with Crippen LogP contribution in [0.5, 0.6) is 0 Å². The summed E-state index contributed by atoms with van der Waals surface area (Å²) in [6, 6.07) is 16.0. The first kappa shape index (κ1) is 30.8. The SMILES string of the molecule is O=C(O)C(F)(F)F.O=C1N[C@](Cc2ccncc2)(Cc2csc3ccccc23)C(=O)N1c1ccc(SC(F)(F)F)cc1. The minimum Gasteiger partial charge on any atom is -0.475 e. The Morgan fingerprint density at radius 1 is 0.952 bits per heavy atom. The number of pyridine rings is 1. The van der Waals surface area contributed by atoms with Crippen LogP contribution >= 0.6 is 23.1 Å². The van der Waals surface area contributed by atoms with Crippen molar-refractivity contribution in [2.75, 3.05) is 4.90 Å². The third-order valence-corrected chi connectivity index (χ3v) is 7.79. The number of hydrogen-bond donors (Lipinski definition) is 2. The molecule has 1 saturated heterocycles. The highest BCUT2D eigenvalue weighted by Crippen LogP contribution is 2.39. The van der Waals surface area contributed by atoms with Gasteiger partial charge in [-0.2, -0.15) is 26.3 Å². The maximum Gasteiger partial charge on any atom is 0.490 e. The quantitative estimate of drug-likeness (QED) is 0.138. The fourth-order valence-electron chi connectivity index (χ4n) is 4.30. The van der Waals surface area contributed by atoms with Gasteiger partial charge in [0.25, 0.3) is 5.91 Å². The van der Waals surface area contributed by atoms with Crippen LogP contribution in [-0.2, 0) is 22.4 Å². The van der Waals surface area contributed by atoms with E-state index in [1.54, 1.807) is 35.9 Å². The summed E-state index contributed by atoms with van der Waals surface area (Å²) in [6.45, 7) is 0. The molecule has 3 heterocycles. The largest absolute Gasteiger partial charge is 0.490 e. The number of carbonyl (C=O) groups is 3. The number of urea groups is 1. The van der Waals surface area contributed by atoms with Crippen molar-refractivity contribution in [1.29, 1.82) is 0 Å². The van der Waals surface area contributed by atoms with Crippen LogP contribution in [0.15, 0.2) is 83.3 Å². The smallest absolute Gasteiger partial charge is 0.475 e. The van der Waals surface area contributed by atoms with Crippen molar-refractivity contribution in [2.24, 2.45) is 0 Å². The molecule has 1 fully saturated rings. The van der Waals surface area contributed by atoms with E-state index < -0.39 is 35.1 Å². The number of hydrogen-bond acceptors (Lipinski definition) is 6. The molecule has 0 unspecified atom stereocenters. The maximum absolute atomic E-state index is 13.9. The molecule has 0 spiro atoms. The van der Waals surface area contributed by atoms with Crippen LogP contribution in [0.3, 0.4) is 0 Å². The zero-order valence-electron chi connectivity index (χ0n) is 21.1. The predicted molar refractivity (Wildman–Crippen MR) is 144 cm³/mol. The number of fused-ring (bicyclic) bond motifs is 1. The van der Waals surface area contributed by atoms with Crippen molar-refractivity contribution in [3.63, 3.8) is 0 Å². The molecule has 2 N–H and O–H groups in total. The number of aromatic nitrogens is 1.